The standard InChI is InChI=1S/C16H24FNO2/c1-12(2)10-18-11-13-9-14(17)3-4-16(13)20-15-5-7-19-8-6-15/h3-4,9,12,15,18H,5-8,10-11H2,1-2H3. The molecule has 1 aliphatic heterocycles. The first-order chi connectivity index (χ1) is 9.65. The molecule has 0 aromatic heterocycles. The Hall–Kier alpha value is -1.13. The quantitative estimate of drug-likeness (QED) is 0.869. The van der Waals surface area contributed by atoms with Crippen LogP contribution in [0.2, 0.25) is 0 Å². The molecule has 1 fully saturated rings. The zero-order chi connectivity index (χ0) is 14.4. The van der Waals surface area contributed by atoms with Crippen molar-refractivity contribution in [2.45, 2.75) is 39.3 Å². The molecule has 1 N–H and O–H groups in total. The van der Waals surface area contributed by atoms with Crippen molar-refractivity contribution in [3.8, 4) is 5.75 Å². The lowest BCUT2D eigenvalue weighted by atomic mass is 10.1. The van der Waals surface area contributed by atoms with Gasteiger partial charge in [0.05, 0.1) is 13.2 Å². The molecule has 0 saturated carbocycles. The Morgan fingerprint density at radius 3 is 2.80 bits per heavy atom. The highest BCUT2D eigenvalue weighted by Crippen LogP contribution is 2.23. The third-order valence-corrected chi connectivity index (χ3v) is 3.35. The second kappa shape index (κ2) is 7.60. The summed E-state index contributed by atoms with van der Waals surface area (Å²) in [5.74, 6) is 1.14. The van der Waals surface area contributed by atoms with E-state index in [4.69, 9.17) is 9.47 Å². The number of halogens is 1. The Bertz CT molecular complexity index is 417. The minimum atomic E-state index is -0.217. The van der Waals surface area contributed by atoms with Gasteiger partial charge in [-0.25, -0.2) is 4.39 Å². The number of benzene rings is 1. The smallest absolute Gasteiger partial charge is 0.124 e. The number of hydrogen-bond acceptors (Lipinski definition) is 3. The fraction of sp³-hybridized carbons (Fsp3) is 0.625. The van der Waals surface area contributed by atoms with Gasteiger partial charge in [-0.05, 0) is 30.7 Å². The fourth-order valence-electron chi connectivity index (χ4n) is 2.27. The maximum atomic E-state index is 13.4. The molecule has 0 aliphatic carbocycles. The van der Waals surface area contributed by atoms with Crippen LogP contribution in [0.25, 0.3) is 0 Å². The number of ether oxygens (including phenoxy) is 2. The van der Waals surface area contributed by atoms with E-state index in [0.717, 1.165) is 43.9 Å². The van der Waals surface area contributed by atoms with Gasteiger partial charge in [0.25, 0.3) is 0 Å². The van der Waals surface area contributed by atoms with Crippen molar-refractivity contribution < 1.29 is 13.9 Å². The van der Waals surface area contributed by atoms with Gasteiger partial charge >= 0.3 is 0 Å². The van der Waals surface area contributed by atoms with Gasteiger partial charge in [0.1, 0.15) is 17.7 Å². The second-order valence-electron chi connectivity index (χ2n) is 5.71. The molecule has 0 spiro atoms. The summed E-state index contributed by atoms with van der Waals surface area (Å²) in [7, 11) is 0. The van der Waals surface area contributed by atoms with E-state index in [0.29, 0.717) is 12.5 Å². The average Bonchev–Trinajstić information content (AvgIpc) is 2.42. The van der Waals surface area contributed by atoms with E-state index in [2.05, 4.69) is 19.2 Å². The van der Waals surface area contributed by atoms with Crippen LogP contribution in [0.5, 0.6) is 5.75 Å². The molecule has 1 aromatic carbocycles. The van der Waals surface area contributed by atoms with Gasteiger partial charge in [0.15, 0.2) is 0 Å². The van der Waals surface area contributed by atoms with Crippen LogP contribution in [0.1, 0.15) is 32.3 Å². The van der Waals surface area contributed by atoms with Crippen molar-refractivity contribution in [2.24, 2.45) is 5.92 Å². The Labute approximate surface area is 120 Å². The van der Waals surface area contributed by atoms with Crippen LogP contribution in [0.3, 0.4) is 0 Å². The number of rotatable bonds is 6. The maximum absolute atomic E-state index is 13.4. The highest BCUT2D eigenvalue weighted by atomic mass is 19.1. The van der Waals surface area contributed by atoms with Crippen molar-refractivity contribution >= 4 is 0 Å². The number of nitrogens with one attached hydrogen (secondary N) is 1. The Kier molecular flexibility index (Phi) is 5.80. The van der Waals surface area contributed by atoms with E-state index in [1.165, 1.54) is 6.07 Å². The first-order valence-corrected chi connectivity index (χ1v) is 7.38. The summed E-state index contributed by atoms with van der Waals surface area (Å²) in [6, 6.07) is 4.75. The summed E-state index contributed by atoms with van der Waals surface area (Å²) >= 11 is 0. The van der Waals surface area contributed by atoms with E-state index in [-0.39, 0.29) is 11.9 Å². The van der Waals surface area contributed by atoms with Crippen LogP contribution in [0.15, 0.2) is 18.2 Å². The molecule has 0 amide bonds. The first-order valence-electron chi connectivity index (χ1n) is 7.38. The van der Waals surface area contributed by atoms with Crippen molar-refractivity contribution in [2.75, 3.05) is 19.8 Å². The van der Waals surface area contributed by atoms with Crippen LogP contribution >= 0.6 is 0 Å². The van der Waals surface area contributed by atoms with E-state index >= 15 is 0 Å². The van der Waals surface area contributed by atoms with E-state index in [9.17, 15) is 4.39 Å². The van der Waals surface area contributed by atoms with Crippen molar-refractivity contribution in [1.82, 2.24) is 5.32 Å². The van der Waals surface area contributed by atoms with Gasteiger partial charge in [0.2, 0.25) is 0 Å². The molecule has 20 heavy (non-hydrogen) atoms. The zero-order valence-electron chi connectivity index (χ0n) is 12.3. The average molecular weight is 281 g/mol. The van der Waals surface area contributed by atoms with Gasteiger partial charge in [-0.2, -0.15) is 0 Å². The number of hydrogen-bond donors (Lipinski definition) is 1. The summed E-state index contributed by atoms with van der Waals surface area (Å²) in [4.78, 5) is 0. The van der Waals surface area contributed by atoms with Crippen LogP contribution in [-0.2, 0) is 11.3 Å². The lowest BCUT2D eigenvalue weighted by Gasteiger charge is -2.24. The molecule has 0 unspecified atom stereocenters. The Morgan fingerprint density at radius 2 is 2.10 bits per heavy atom. The Morgan fingerprint density at radius 1 is 1.35 bits per heavy atom. The predicted octanol–water partition coefficient (Wildman–Crippen LogP) is 3.13. The van der Waals surface area contributed by atoms with E-state index < -0.39 is 0 Å². The Balaban J connectivity index is 1.98. The third kappa shape index (κ3) is 4.76. The molecule has 2 rings (SSSR count). The monoisotopic (exact) mass is 281 g/mol. The largest absolute Gasteiger partial charge is 0.490 e. The van der Waals surface area contributed by atoms with Crippen LogP contribution in [0.4, 0.5) is 4.39 Å². The van der Waals surface area contributed by atoms with Gasteiger partial charge in [0, 0.05) is 24.9 Å². The lowest BCUT2D eigenvalue weighted by Crippen LogP contribution is -2.27. The SMILES string of the molecule is CC(C)CNCc1cc(F)ccc1OC1CCOCC1. The zero-order valence-corrected chi connectivity index (χ0v) is 12.3. The molecule has 4 heteroatoms. The second-order valence-corrected chi connectivity index (χ2v) is 5.71. The van der Waals surface area contributed by atoms with Gasteiger partial charge in [-0.1, -0.05) is 13.8 Å². The molecule has 1 saturated heterocycles. The lowest BCUT2D eigenvalue weighted by molar-refractivity contribution is 0.0251. The van der Waals surface area contributed by atoms with Crippen LogP contribution in [-0.4, -0.2) is 25.9 Å². The van der Waals surface area contributed by atoms with Crippen LogP contribution < -0.4 is 10.1 Å². The van der Waals surface area contributed by atoms with Crippen LogP contribution in [0, 0.1) is 11.7 Å². The molecule has 0 radical (unpaired) electrons. The molecular formula is C16H24FNO2. The predicted molar refractivity (Wildman–Crippen MR) is 77.4 cm³/mol. The molecule has 1 heterocycles. The summed E-state index contributed by atoms with van der Waals surface area (Å²) in [6.07, 6.45) is 1.98. The summed E-state index contributed by atoms with van der Waals surface area (Å²) in [6.45, 7) is 7.33. The molecular weight excluding hydrogens is 257 g/mol. The summed E-state index contributed by atoms with van der Waals surface area (Å²) in [5.41, 5.74) is 0.886. The summed E-state index contributed by atoms with van der Waals surface area (Å²) < 4.78 is 24.7. The fourth-order valence-corrected chi connectivity index (χ4v) is 2.27. The van der Waals surface area contributed by atoms with Gasteiger partial charge in [-0.15, -0.1) is 0 Å². The molecule has 0 atom stereocenters. The minimum absolute atomic E-state index is 0.179. The third-order valence-electron chi connectivity index (χ3n) is 3.35. The van der Waals surface area contributed by atoms with Gasteiger partial charge < -0.3 is 14.8 Å². The topological polar surface area (TPSA) is 30.5 Å². The molecule has 1 aliphatic rings. The maximum Gasteiger partial charge on any atom is 0.124 e. The van der Waals surface area contributed by atoms with Crippen molar-refractivity contribution in [1.29, 1.82) is 0 Å². The van der Waals surface area contributed by atoms with Gasteiger partial charge in [-0.3, -0.25) is 0 Å². The van der Waals surface area contributed by atoms with Crippen molar-refractivity contribution in [3.63, 3.8) is 0 Å². The molecule has 112 valence electrons. The molecule has 0 bridgehead atoms. The first kappa shape index (κ1) is 15.3. The minimum Gasteiger partial charge on any atom is -0.490 e. The highest BCUT2D eigenvalue weighted by Gasteiger charge is 2.17. The van der Waals surface area contributed by atoms with E-state index in [1.54, 1.807) is 12.1 Å². The highest BCUT2D eigenvalue weighted by molar-refractivity contribution is 5.34. The normalized spacial score (nSPS) is 16.6. The van der Waals surface area contributed by atoms with Crippen molar-refractivity contribution in [3.05, 3.63) is 29.6 Å². The molecule has 3 nitrogen and oxygen atoms in total. The molecule has 1 aromatic rings. The van der Waals surface area contributed by atoms with E-state index in [1.807, 2.05) is 0 Å². The summed E-state index contributed by atoms with van der Waals surface area (Å²) in [5, 5.41) is 3.33.